The molecule has 2 aromatic carbocycles. The first kappa shape index (κ1) is 17.9. The van der Waals surface area contributed by atoms with Crippen molar-refractivity contribution in [2.24, 2.45) is 7.05 Å². The van der Waals surface area contributed by atoms with Gasteiger partial charge in [0.2, 0.25) is 0 Å². The minimum Gasteiger partial charge on any atom is -0.483 e. The van der Waals surface area contributed by atoms with Gasteiger partial charge in [0.25, 0.3) is 5.69 Å². The third kappa shape index (κ3) is 4.20. The smallest absolute Gasteiger partial charge is 0.269 e. The molecule has 0 aliphatic carbocycles. The zero-order valence-corrected chi connectivity index (χ0v) is 15.2. The molecule has 0 spiro atoms. The highest BCUT2D eigenvalue weighted by Crippen LogP contribution is 2.26. The van der Waals surface area contributed by atoms with Gasteiger partial charge in [-0.25, -0.2) is 0 Å². The van der Waals surface area contributed by atoms with Crippen molar-refractivity contribution in [3.05, 3.63) is 76.1 Å². The number of nitro benzene ring substituents is 1. The molecule has 0 saturated heterocycles. The van der Waals surface area contributed by atoms with E-state index in [0.29, 0.717) is 5.75 Å². The number of para-hydroxylation sites is 1. The lowest BCUT2D eigenvalue weighted by molar-refractivity contribution is -0.384. The van der Waals surface area contributed by atoms with Gasteiger partial charge in [-0.05, 0) is 24.6 Å². The van der Waals surface area contributed by atoms with Crippen molar-refractivity contribution in [2.75, 3.05) is 0 Å². The number of hydrogen-bond acceptors (Lipinski definition) is 6. The minimum atomic E-state index is -0.403. The van der Waals surface area contributed by atoms with Crippen molar-refractivity contribution in [3.63, 3.8) is 0 Å². The van der Waals surface area contributed by atoms with Gasteiger partial charge in [-0.1, -0.05) is 42.1 Å². The summed E-state index contributed by atoms with van der Waals surface area (Å²) in [5.74, 6) is 2.17. The lowest BCUT2D eigenvalue weighted by atomic mass is 10.2. The fourth-order valence-corrected chi connectivity index (χ4v) is 3.30. The van der Waals surface area contributed by atoms with E-state index in [1.165, 1.54) is 23.9 Å². The molecule has 0 saturated carbocycles. The Bertz CT molecular complexity index is 881. The Kier molecular flexibility index (Phi) is 5.52. The van der Waals surface area contributed by atoms with Crippen molar-refractivity contribution < 1.29 is 9.66 Å². The van der Waals surface area contributed by atoms with Crippen LogP contribution in [-0.2, 0) is 12.8 Å². The van der Waals surface area contributed by atoms with E-state index >= 15 is 0 Å². The summed E-state index contributed by atoms with van der Waals surface area (Å²) in [7, 11) is 1.90. The molecule has 0 amide bonds. The average Bonchev–Trinajstić information content (AvgIpc) is 3.02. The molecule has 0 aliphatic heterocycles. The summed E-state index contributed by atoms with van der Waals surface area (Å²) in [6, 6.07) is 16.1. The van der Waals surface area contributed by atoms with Crippen LogP contribution in [0, 0.1) is 10.1 Å². The molecular weight excluding hydrogens is 352 g/mol. The molecule has 0 N–H and O–H groups in total. The highest BCUT2D eigenvalue weighted by molar-refractivity contribution is 7.98. The number of benzene rings is 2. The summed E-state index contributed by atoms with van der Waals surface area (Å²) in [4.78, 5) is 10.3. The SMILES string of the molecule is C[C@H](Oc1ccccc1)c1nnc(SCc2ccc([N+](=O)[O-])cc2)n1C. The molecule has 0 aliphatic rings. The molecule has 0 unspecified atom stereocenters. The van der Waals surface area contributed by atoms with Crippen molar-refractivity contribution in [1.82, 2.24) is 14.8 Å². The first-order chi connectivity index (χ1) is 12.5. The number of hydrogen-bond donors (Lipinski definition) is 0. The summed E-state index contributed by atoms with van der Waals surface area (Å²) in [6.07, 6.45) is -0.233. The molecule has 1 heterocycles. The topological polar surface area (TPSA) is 83.1 Å². The van der Waals surface area contributed by atoms with Crippen molar-refractivity contribution in [3.8, 4) is 5.75 Å². The van der Waals surface area contributed by atoms with E-state index in [-0.39, 0.29) is 11.8 Å². The summed E-state index contributed by atoms with van der Waals surface area (Å²) in [6.45, 7) is 1.93. The van der Waals surface area contributed by atoms with Crippen LogP contribution in [0.1, 0.15) is 24.4 Å². The Morgan fingerprint density at radius 2 is 1.85 bits per heavy atom. The molecule has 0 radical (unpaired) electrons. The Balaban J connectivity index is 1.64. The van der Waals surface area contributed by atoms with Crippen LogP contribution in [0.15, 0.2) is 59.8 Å². The highest BCUT2D eigenvalue weighted by Gasteiger charge is 2.17. The summed E-state index contributed by atoms with van der Waals surface area (Å²) in [5.41, 5.74) is 1.07. The molecule has 26 heavy (non-hydrogen) atoms. The Morgan fingerprint density at radius 3 is 2.50 bits per heavy atom. The van der Waals surface area contributed by atoms with Crippen LogP contribution in [0.2, 0.25) is 0 Å². The number of non-ortho nitro benzene ring substituents is 1. The lowest BCUT2D eigenvalue weighted by Gasteiger charge is -2.14. The second-order valence-electron chi connectivity index (χ2n) is 5.69. The molecule has 3 aromatic rings. The van der Waals surface area contributed by atoms with Crippen LogP contribution in [0.4, 0.5) is 5.69 Å². The van der Waals surface area contributed by atoms with E-state index in [4.69, 9.17) is 4.74 Å². The zero-order valence-electron chi connectivity index (χ0n) is 14.4. The molecular formula is C18H18N4O3S. The summed E-state index contributed by atoms with van der Waals surface area (Å²) in [5, 5.41) is 19.9. The lowest BCUT2D eigenvalue weighted by Crippen LogP contribution is -2.10. The number of nitrogens with zero attached hydrogens (tertiary/aromatic N) is 4. The fourth-order valence-electron chi connectivity index (χ4n) is 2.42. The normalized spacial score (nSPS) is 11.9. The van der Waals surface area contributed by atoms with Gasteiger partial charge in [-0.15, -0.1) is 10.2 Å². The second kappa shape index (κ2) is 8.01. The number of ether oxygens (including phenoxy) is 1. The average molecular weight is 370 g/mol. The molecule has 134 valence electrons. The van der Waals surface area contributed by atoms with Gasteiger partial charge in [-0.2, -0.15) is 0 Å². The standard InChI is InChI=1S/C18H18N4O3S/c1-13(25-16-6-4-3-5-7-16)17-19-20-18(21(17)2)26-12-14-8-10-15(11-9-14)22(23)24/h3-11,13H,12H2,1-2H3/t13-/m0/s1. The molecule has 3 rings (SSSR count). The Morgan fingerprint density at radius 1 is 1.15 bits per heavy atom. The first-order valence-corrected chi connectivity index (χ1v) is 9.00. The van der Waals surface area contributed by atoms with E-state index in [1.54, 1.807) is 12.1 Å². The van der Waals surface area contributed by atoms with Gasteiger partial charge in [0.05, 0.1) is 4.92 Å². The maximum atomic E-state index is 10.7. The molecule has 0 bridgehead atoms. The Labute approximate surface area is 155 Å². The van der Waals surface area contributed by atoms with Gasteiger partial charge in [0.1, 0.15) is 5.75 Å². The van der Waals surface area contributed by atoms with Gasteiger partial charge < -0.3 is 9.30 Å². The van der Waals surface area contributed by atoms with Gasteiger partial charge in [-0.3, -0.25) is 10.1 Å². The first-order valence-electron chi connectivity index (χ1n) is 8.01. The van der Waals surface area contributed by atoms with Crippen molar-refractivity contribution >= 4 is 17.4 Å². The van der Waals surface area contributed by atoms with Crippen LogP contribution in [0.3, 0.4) is 0 Å². The molecule has 0 fully saturated rings. The van der Waals surface area contributed by atoms with Gasteiger partial charge in [0.15, 0.2) is 17.1 Å². The van der Waals surface area contributed by atoms with E-state index in [9.17, 15) is 10.1 Å². The zero-order chi connectivity index (χ0) is 18.5. The van der Waals surface area contributed by atoms with E-state index < -0.39 is 4.92 Å². The van der Waals surface area contributed by atoms with Crippen molar-refractivity contribution in [1.29, 1.82) is 0 Å². The summed E-state index contributed by atoms with van der Waals surface area (Å²) < 4.78 is 7.80. The van der Waals surface area contributed by atoms with Crippen LogP contribution in [-0.4, -0.2) is 19.7 Å². The molecule has 7 nitrogen and oxygen atoms in total. The number of thioether (sulfide) groups is 1. The maximum Gasteiger partial charge on any atom is 0.269 e. The van der Waals surface area contributed by atoms with E-state index in [2.05, 4.69) is 10.2 Å². The molecule has 1 atom stereocenters. The van der Waals surface area contributed by atoms with Crippen LogP contribution in [0.25, 0.3) is 0 Å². The Hall–Kier alpha value is -2.87. The van der Waals surface area contributed by atoms with Gasteiger partial charge >= 0.3 is 0 Å². The predicted octanol–water partition coefficient (Wildman–Crippen LogP) is 4.16. The van der Waals surface area contributed by atoms with Crippen LogP contribution in [0.5, 0.6) is 5.75 Å². The quantitative estimate of drug-likeness (QED) is 0.353. The number of nitro groups is 1. The molecule has 8 heteroatoms. The third-order valence-electron chi connectivity index (χ3n) is 3.80. The predicted molar refractivity (Wildman–Crippen MR) is 99.1 cm³/mol. The number of aromatic nitrogens is 3. The highest BCUT2D eigenvalue weighted by atomic mass is 32.2. The molecule has 1 aromatic heterocycles. The number of rotatable bonds is 7. The maximum absolute atomic E-state index is 10.7. The van der Waals surface area contributed by atoms with Gasteiger partial charge in [0, 0.05) is 24.9 Å². The summed E-state index contributed by atoms with van der Waals surface area (Å²) >= 11 is 1.52. The minimum absolute atomic E-state index is 0.0894. The van der Waals surface area contributed by atoms with Crippen LogP contribution < -0.4 is 4.74 Å². The van der Waals surface area contributed by atoms with Crippen molar-refractivity contribution in [2.45, 2.75) is 23.9 Å². The largest absolute Gasteiger partial charge is 0.483 e. The van der Waals surface area contributed by atoms with E-state index in [1.807, 2.05) is 48.9 Å². The third-order valence-corrected chi connectivity index (χ3v) is 4.89. The van der Waals surface area contributed by atoms with Crippen LogP contribution >= 0.6 is 11.8 Å². The van der Waals surface area contributed by atoms with E-state index in [0.717, 1.165) is 22.3 Å². The monoisotopic (exact) mass is 370 g/mol. The fraction of sp³-hybridized carbons (Fsp3) is 0.222. The second-order valence-corrected chi connectivity index (χ2v) is 6.63.